The van der Waals surface area contributed by atoms with E-state index < -0.39 is 0 Å². The quantitative estimate of drug-likeness (QED) is 0.443. The van der Waals surface area contributed by atoms with Crippen molar-refractivity contribution in [2.24, 2.45) is 11.8 Å². The number of rotatable bonds is 4. The standard InChI is InChI=1S/C16H25NO2/c1-7-10-17(6)15-12(4)8-9-14(11(2)3)16(15)19-13(5)18/h1,8,11,14-16H,9-10H2,2-6H3/t14-,15+,16-/m1/s1. The lowest BCUT2D eigenvalue weighted by molar-refractivity contribution is -0.154. The summed E-state index contributed by atoms with van der Waals surface area (Å²) in [7, 11) is 1.99. The molecule has 3 heteroatoms. The fourth-order valence-electron chi connectivity index (χ4n) is 2.91. The van der Waals surface area contributed by atoms with Crippen molar-refractivity contribution in [3.05, 3.63) is 11.6 Å². The van der Waals surface area contributed by atoms with Crippen molar-refractivity contribution in [3.8, 4) is 12.3 Å². The topological polar surface area (TPSA) is 29.5 Å². The highest BCUT2D eigenvalue weighted by molar-refractivity contribution is 5.66. The number of hydrogen-bond donors (Lipinski definition) is 0. The average molecular weight is 263 g/mol. The Balaban J connectivity index is 3.05. The van der Waals surface area contributed by atoms with E-state index in [1.165, 1.54) is 12.5 Å². The number of terminal acetylenes is 1. The van der Waals surface area contributed by atoms with E-state index in [0.29, 0.717) is 18.4 Å². The molecule has 3 atom stereocenters. The third-order valence-corrected chi connectivity index (χ3v) is 3.89. The van der Waals surface area contributed by atoms with Crippen molar-refractivity contribution < 1.29 is 9.53 Å². The summed E-state index contributed by atoms with van der Waals surface area (Å²) in [6, 6.07) is 0.0844. The highest BCUT2D eigenvalue weighted by Gasteiger charge is 2.39. The van der Waals surface area contributed by atoms with E-state index in [9.17, 15) is 4.79 Å². The Labute approximate surface area is 117 Å². The van der Waals surface area contributed by atoms with E-state index in [4.69, 9.17) is 11.2 Å². The summed E-state index contributed by atoms with van der Waals surface area (Å²) in [5.74, 6) is 3.26. The molecule has 0 bridgehead atoms. The highest BCUT2D eigenvalue weighted by Crippen LogP contribution is 2.34. The van der Waals surface area contributed by atoms with Crippen molar-refractivity contribution in [3.63, 3.8) is 0 Å². The van der Waals surface area contributed by atoms with Crippen molar-refractivity contribution in [1.82, 2.24) is 4.90 Å². The first-order chi connectivity index (χ1) is 8.88. The maximum absolute atomic E-state index is 11.4. The number of nitrogens with zero attached hydrogens (tertiary/aromatic N) is 1. The van der Waals surface area contributed by atoms with Gasteiger partial charge >= 0.3 is 5.97 Å². The summed E-state index contributed by atoms with van der Waals surface area (Å²) in [5, 5.41) is 0. The molecular formula is C16H25NO2. The normalized spacial score (nSPS) is 27.1. The van der Waals surface area contributed by atoms with Gasteiger partial charge in [-0.1, -0.05) is 31.4 Å². The monoisotopic (exact) mass is 263 g/mol. The minimum Gasteiger partial charge on any atom is -0.460 e. The van der Waals surface area contributed by atoms with E-state index in [1.54, 1.807) is 0 Å². The van der Waals surface area contributed by atoms with Crippen LogP contribution in [0.15, 0.2) is 11.6 Å². The average Bonchev–Trinajstić information content (AvgIpc) is 2.28. The maximum atomic E-state index is 11.4. The first-order valence-electron chi connectivity index (χ1n) is 6.86. The Bertz CT molecular complexity index is 392. The first-order valence-corrected chi connectivity index (χ1v) is 6.86. The number of esters is 1. The molecule has 1 aliphatic rings. The Morgan fingerprint density at radius 1 is 1.63 bits per heavy atom. The van der Waals surface area contributed by atoms with Crippen LogP contribution in [0.2, 0.25) is 0 Å². The third-order valence-electron chi connectivity index (χ3n) is 3.89. The van der Waals surface area contributed by atoms with Gasteiger partial charge in [-0.05, 0) is 26.3 Å². The number of likely N-dealkylation sites (N-methyl/N-ethyl adjacent to an activating group) is 1. The predicted molar refractivity (Wildman–Crippen MR) is 77.5 cm³/mol. The molecule has 1 rings (SSSR count). The predicted octanol–water partition coefficient (Wildman–Crippen LogP) is 2.47. The van der Waals surface area contributed by atoms with Crippen LogP contribution in [0.25, 0.3) is 0 Å². The Hall–Kier alpha value is -1.27. The van der Waals surface area contributed by atoms with Crippen molar-refractivity contribution in [1.29, 1.82) is 0 Å². The summed E-state index contributed by atoms with van der Waals surface area (Å²) >= 11 is 0. The van der Waals surface area contributed by atoms with Gasteiger partial charge in [-0.25, -0.2) is 0 Å². The van der Waals surface area contributed by atoms with Crippen molar-refractivity contribution in [2.75, 3.05) is 13.6 Å². The lowest BCUT2D eigenvalue weighted by Gasteiger charge is -2.42. The van der Waals surface area contributed by atoms with Gasteiger partial charge in [0.05, 0.1) is 12.6 Å². The molecule has 0 radical (unpaired) electrons. The van der Waals surface area contributed by atoms with Gasteiger partial charge in [0.25, 0.3) is 0 Å². The minimum absolute atomic E-state index is 0.0844. The van der Waals surface area contributed by atoms with Gasteiger partial charge in [0.2, 0.25) is 0 Å². The summed E-state index contributed by atoms with van der Waals surface area (Å²) in [6.45, 7) is 8.47. The molecule has 0 fully saturated rings. The zero-order chi connectivity index (χ0) is 14.6. The fourth-order valence-corrected chi connectivity index (χ4v) is 2.91. The van der Waals surface area contributed by atoms with Crippen molar-refractivity contribution in [2.45, 2.75) is 46.3 Å². The molecule has 0 aromatic carbocycles. The number of allylic oxidation sites excluding steroid dienone is 1. The van der Waals surface area contributed by atoms with Crippen molar-refractivity contribution >= 4 is 5.97 Å². The Morgan fingerprint density at radius 3 is 2.74 bits per heavy atom. The molecule has 0 aromatic rings. The van der Waals surface area contributed by atoms with Gasteiger partial charge in [-0.15, -0.1) is 6.42 Å². The van der Waals surface area contributed by atoms with E-state index in [0.717, 1.165) is 6.42 Å². The minimum atomic E-state index is -0.218. The molecule has 0 amide bonds. The van der Waals surface area contributed by atoms with Crippen LogP contribution in [0.5, 0.6) is 0 Å². The van der Waals surface area contributed by atoms with E-state index >= 15 is 0 Å². The van der Waals surface area contributed by atoms with Crippen LogP contribution in [0, 0.1) is 24.2 Å². The van der Waals surface area contributed by atoms with Crippen LogP contribution in [0.4, 0.5) is 0 Å². The molecule has 0 heterocycles. The number of hydrogen-bond acceptors (Lipinski definition) is 3. The molecule has 3 nitrogen and oxygen atoms in total. The van der Waals surface area contributed by atoms with Gasteiger partial charge < -0.3 is 4.74 Å². The zero-order valence-electron chi connectivity index (χ0n) is 12.6. The summed E-state index contributed by atoms with van der Waals surface area (Å²) < 4.78 is 5.63. The van der Waals surface area contributed by atoms with Crippen LogP contribution >= 0.6 is 0 Å². The lowest BCUT2D eigenvalue weighted by atomic mass is 9.77. The lowest BCUT2D eigenvalue weighted by Crippen LogP contribution is -2.50. The second-order valence-electron chi connectivity index (χ2n) is 5.73. The second kappa shape index (κ2) is 6.77. The van der Waals surface area contributed by atoms with Gasteiger partial charge in [-0.2, -0.15) is 0 Å². The molecule has 19 heavy (non-hydrogen) atoms. The molecule has 0 saturated heterocycles. The van der Waals surface area contributed by atoms with Crippen LogP contribution in [-0.4, -0.2) is 36.6 Å². The molecular weight excluding hydrogens is 238 g/mol. The van der Waals surface area contributed by atoms with Crippen LogP contribution in [-0.2, 0) is 9.53 Å². The molecule has 1 aliphatic carbocycles. The van der Waals surface area contributed by atoms with Gasteiger partial charge in [-0.3, -0.25) is 9.69 Å². The molecule has 106 valence electrons. The number of ether oxygens (including phenoxy) is 1. The summed E-state index contributed by atoms with van der Waals surface area (Å²) in [4.78, 5) is 13.5. The Kier molecular flexibility index (Phi) is 5.62. The second-order valence-corrected chi connectivity index (χ2v) is 5.73. The van der Waals surface area contributed by atoms with E-state index in [1.807, 2.05) is 7.05 Å². The fraction of sp³-hybridized carbons (Fsp3) is 0.688. The molecule has 0 spiro atoms. The summed E-state index contributed by atoms with van der Waals surface area (Å²) in [6.07, 6.45) is 8.51. The van der Waals surface area contributed by atoms with E-state index in [2.05, 4.69) is 37.7 Å². The van der Waals surface area contributed by atoms with Gasteiger partial charge in [0.1, 0.15) is 6.10 Å². The van der Waals surface area contributed by atoms with Gasteiger partial charge in [0.15, 0.2) is 0 Å². The maximum Gasteiger partial charge on any atom is 0.302 e. The molecule has 0 aromatic heterocycles. The zero-order valence-corrected chi connectivity index (χ0v) is 12.6. The molecule has 0 N–H and O–H groups in total. The summed E-state index contributed by atoms with van der Waals surface area (Å²) in [5.41, 5.74) is 1.24. The number of carbonyl (C=O) groups excluding carboxylic acids is 1. The smallest absolute Gasteiger partial charge is 0.302 e. The van der Waals surface area contributed by atoms with Gasteiger partial charge in [0, 0.05) is 12.8 Å². The van der Waals surface area contributed by atoms with Crippen LogP contribution in [0.3, 0.4) is 0 Å². The third kappa shape index (κ3) is 3.84. The highest BCUT2D eigenvalue weighted by atomic mass is 16.5. The van der Waals surface area contributed by atoms with Crippen LogP contribution in [0.1, 0.15) is 34.1 Å². The van der Waals surface area contributed by atoms with Crippen LogP contribution < -0.4 is 0 Å². The largest absolute Gasteiger partial charge is 0.460 e. The first kappa shape index (κ1) is 15.8. The number of carbonyl (C=O) groups is 1. The SMILES string of the molecule is C#CCN(C)[C@H]1C(C)=CC[C@H](C(C)C)[C@H]1OC(C)=O. The molecule has 0 unspecified atom stereocenters. The molecule has 0 saturated carbocycles. The Morgan fingerprint density at radius 2 is 2.26 bits per heavy atom. The molecule has 0 aliphatic heterocycles. The van der Waals surface area contributed by atoms with E-state index in [-0.39, 0.29) is 18.1 Å².